The third-order valence-corrected chi connectivity index (χ3v) is 2.46. The first-order chi connectivity index (χ1) is 8.49. The molecule has 1 aromatic heterocycles. The van der Waals surface area contributed by atoms with Crippen molar-refractivity contribution in [2.75, 3.05) is 26.1 Å². The van der Waals surface area contributed by atoms with Crippen molar-refractivity contribution in [3.63, 3.8) is 0 Å². The predicted octanol–water partition coefficient (Wildman–Crippen LogP) is 1.64. The summed E-state index contributed by atoms with van der Waals surface area (Å²) in [4.78, 5) is 14.6. The van der Waals surface area contributed by atoms with Crippen LogP contribution in [0.15, 0.2) is 6.07 Å². The number of aromatic nitrogens is 1. The van der Waals surface area contributed by atoms with Crippen molar-refractivity contribution < 1.29 is 14.4 Å². The Labute approximate surface area is 105 Å². The zero-order valence-electron chi connectivity index (χ0n) is 10.9. The van der Waals surface area contributed by atoms with Gasteiger partial charge in [-0.1, -0.05) is 0 Å². The molecular formula is C11H17N3O4. The maximum Gasteiger partial charge on any atom is 0.313 e. The summed E-state index contributed by atoms with van der Waals surface area (Å²) in [5.41, 5.74) is 1.50. The fourth-order valence-corrected chi connectivity index (χ4v) is 1.64. The van der Waals surface area contributed by atoms with E-state index < -0.39 is 11.2 Å². The van der Waals surface area contributed by atoms with Crippen molar-refractivity contribution in [3.05, 3.63) is 27.6 Å². The van der Waals surface area contributed by atoms with Gasteiger partial charge in [0.15, 0.2) is 6.29 Å². The van der Waals surface area contributed by atoms with Gasteiger partial charge in [0.25, 0.3) is 0 Å². The van der Waals surface area contributed by atoms with Gasteiger partial charge in [-0.25, -0.2) is 0 Å². The third kappa shape index (κ3) is 3.38. The fraction of sp³-hybridized carbons (Fsp3) is 0.545. The standard InChI is InChI=1S/C11H17N3O4/c1-7-5-9(12-6-10(17-3)18-4)11(14(15)16)8(2)13-7/h5,10H,6H2,1-4H3,(H,12,13). The van der Waals surface area contributed by atoms with Crippen LogP contribution in [0.1, 0.15) is 11.4 Å². The average molecular weight is 255 g/mol. The first-order valence-corrected chi connectivity index (χ1v) is 5.41. The molecule has 0 atom stereocenters. The summed E-state index contributed by atoms with van der Waals surface area (Å²) in [6, 6.07) is 1.63. The first-order valence-electron chi connectivity index (χ1n) is 5.41. The Kier molecular flexibility index (Phi) is 4.99. The van der Waals surface area contributed by atoms with E-state index in [4.69, 9.17) is 9.47 Å². The van der Waals surface area contributed by atoms with Crippen molar-refractivity contribution in [1.82, 2.24) is 4.98 Å². The van der Waals surface area contributed by atoms with Gasteiger partial charge in [0.1, 0.15) is 11.4 Å². The summed E-state index contributed by atoms with van der Waals surface area (Å²) >= 11 is 0. The number of nitrogens with zero attached hydrogens (tertiary/aromatic N) is 2. The van der Waals surface area contributed by atoms with Crippen LogP contribution in [-0.4, -0.2) is 37.0 Å². The van der Waals surface area contributed by atoms with Crippen molar-refractivity contribution in [1.29, 1.82) is 0 Å². The molecule has 0 saturated heterocycles. The minimum atomic E-state index is -0.460. The van der Waals surface area contributed by atoms with Gasteiger partial charge in [0, 0.05) is 19.9 Å². The van der Waals surface area contributed by atoms with E-state index in [1.54, 1.807) is 19.9 Å². The van der Waals surface area contributed by atoms with Gasteiger partial charge in [0.05, 0.1) is 11.5 Å². The Morgan fingerprint density at radius 3 is 2.56 bits per heavy atom. The Morgan fingerprint density at radius 2 is 2.06 bits per heavy atom. The number of hydrogen-bond donors (Lipinski definition) is 1. The maximum absolute atomic E-state index is 11.0. The van der Waals surface area contributed by atoms with E-state index in [0.717, 1.165) is 0 Å². The van der Waals surface area contributed by atoms with Gasteiger partial charge in [0.2, 0.25) is 0 Å². The van der Waals surface area contributed by atoms with E-state index in [1.807, 2.05) is 0 Å². The number of nitro groups is 1. The van der Waals surface area contributed by atoms with Gasteiger partial charge in [-0.3, -0.25) is 15.1 Å². The highest BCUT2D eigenvalue weighted by Crippen LogP contribution is 2.27. The number of nitrogens with one attached hydrogen (secondary N) is 1. The number of anilines is 1. The van der Waals surface area contributed by atoms with Crippen LogP contribution >= 0.6 is 0 Å². The third-order valence-electron chi connectivity index (χ3n) is 2.46. The predicted molar refractivity (Wildman–Crippen MR) is 66.7 cm³/mol. The van der Waals surface area contributed by atoms with Gasteiger partial charge < -0.3 is 14.8 Å². The fourth-order valence-electron chi connectivity index (χ4n) is 1.64. The molecule has 0 fully saturated rings. The lowest BCUT2D eigenvalue weighted by Gasteiger charge is -2.15. The number of ether oxygens (including phenoxy) is 2. The molecule has 0 aliphatic heterocycles. The summed E-state index contributed by atoms with van der Waals surface area (Å²) in [5, 5.41) is 13.9. The molecule has 7 heteroatoms. The van der Waals surface area contributed by atoms with E-state index in [0.29, 0.717) is 23.6 Å². The highest BCUT2D eigenvalue weighted by atomic mass is 16.7. The molecule has 100 valence electrons. The molecule has 0 aromatic carbocycles. The highest BCUT2D eigenvalue weighted by molar-refractivity contribution is 5.64. The molecule has 7 nitrogen and oxygen atoms in total. The summed E-state index contributed by atoms with van der Waals surface area (Å²) in [6.07, 6.45) is -0.460. The van der Waals surface area contributed by atoms with Crippen LogP contribution < -0.4 is 5.32 Å². The molecule has 0 aliphatic carbocycles. The van der Waals surface area contributed by atoms with Crippen LogP contribution in [0, 0.1) is 24.0 Å². The molecule has 18 heavy (non-hydrogen) atoms. The summed E-state index contributed by atoms with van der Waals surface area (Å²) in [6.45, 7) is 3.71. The van der Waals surface area contributed by atoms with Crippen molar-refractivity contribution >= 4 is 11.4 Å². The van der Waals surface area contributed by atoms with Gasteiger partial charge in [-0.15, -0.1) is 0 Å². The van der Waals surface area contributed by atoms with Crippen LogP contribution in [0.25, 0.3) is 0 Å². The summed E-state index contributed by atoms with van der Waals surface area (Å²) in [5.74, 6) is 0. The number of pyridine rings is 1. The molecule has 0 unspecified atom stereocenters. The number of aryl methyl sites for hydroxylation is 2. The smallest absolute Gasteiger partial charge is 0.313 e. The first kappa shape index (κ1) is 14.3. The molecule has 0 saturated carbocycles. The van der Waals surface area contributed by atoms with Crippen LogP contribution in [0.4, 0.5) is 11.4 Å². The van der Waals surface area contributed by atoms with E-state index >= 15 is 0 Å². The lowest BCUT2D eigenvalue weighted by Crippen LogP contribution is -2.24. The number of hydrogen-bond acceptors (Lipinski definition) is 6. The summed E-state index contributed by atoms with van der Waals surface area (Å²) in [7, 11) is 3.01. The zero-order chi connectivity index (χ0) is 13.7. The lowest BCUT2D eigenvalue weighted by molar-refractivity contribution is -0.384. The van der Waals surface area contributed by atoms with E-state index in [1.165, 1.54) is 14.2 Å². The Hall–Kier alpha value is -1.73. The van der Waals surface area contributed by atoms with Crippen LogP contribution in [0.3, 0.4) is 0 Å². The van der Waals surface area contributed by atoms with Gasteiger partial charge >= 0.3 is 5.69 Å². The largest absolute Gasteiger partial charge is 0.374 e. The minimum Gasteiger partial charge on any atom is -0.374 e. The van der Waals surface area contributed by atoms with E-state index in [-0.39, 0.29) is 5.69 Å². The summed E-state index contributed by atoms with van der Waals surface area (Å²) < 4.78 is 10.0. The second kappa shape index (κ2) is 6.27. The lowest BCUT2D eigenvalue weighted by atomic mass is 10.2. The Balaban J connectivity index is 2.96. The number of rotatable bonds is 6. The average Bonchev–Trinajstić information content (AvgIpc) is 2.28. The van der Waals surface area contributed by atoms with Crippen LogP contribution in [0.5, 0.6) is 0 Å². The molecule has 0 spiro atoms. The molecule has 0 aliphatic rings. The van der Waals surface area contributed by atoms with E-state index in [2.05, 4.69) is 10.3 Å². The molecule has 1 N–H and O–H groups in total. The van der Waals surface area contributed by atoms with Gasteiger partial charge in [-0.2, -0.15) is 0 Å². The monoisotopic (exact) mass is 255 g/mol. The van der Waals surface area contributed by atoms with Crippen molar-refractivity contribution in [3.8, 4) is 0 Å². The van der Waals surface area contributed by atoms with E-state index in [9.17, 15) is 10.1 Å². The molecule has 1 heterocycles. The number of methoxy groups -OCH3 is 2. The maximum atomic E-state index is 11.0. The molecular weight excluding hydrogens is 238 g/mol. The van der Waals surface area contributed by atoms with Crippen molar-refractivity contribution in [2.45, 2.75) is 20.1 Å². The topological polar surface area (TPSA) is 86.5 Å². The Bertz CT molecular complexity index is 433. The molecule has 0 amide bonds. The van der Waals surface area contributed by atoms with Crippen LogP contribution in [-0.2, 0) is 9.47 Å². The Morgan fingerprint density at radius 1 is 1.44 bits per heavy atom. The highest BCUT2D eigenvalue weighted by Gasteiger charge is 2.20. The normalized spacial score (nSPS) is 10.7. The molecule has 1 rings (SSSR count). The minimum absolute atomic E-state index is 0.0217. The second-order valence-electron chi connectivity index (χ2n) is 3.78. The molecule has 0 radical (unpaired) electrons. The zero-order valence-corrected chi connectivity index (χ0v) is 10.9. The molecule has 0 bridgehead atoms. The van der Waals surface area contributed by atoms with Crippen molar-refractivity contribution in [2.24, 2.45) is 0 Å². The van der Waals surface area contributed by atoms with Gasteiger partial charge in [-0.05, 0) is 19.9 Å². The van der Waals surface area contributed by atoms with Crippen LogP contribution in [0.2, 0.25) is 0 Å². The molecule has 1 aromatic rings. The second-order valence-corrected chi connectivity index (χ2v) is 3.78. The SMILES string of the molecule is COC(CNc1cc(C)nc(C)c1[N+](=O)[O-])OC. The quantitative estimate of drug-likeness (QED) is 0.472.